The minimum absolute atomic E-state index is 0.0978. The highest BCUT2D eigenvalue weighted by Gasteiger charge is 2.21. The van der Waals surface area contributed by atoms with Gasteiger partial charge in [0.05, 0.1) is 32.2 Å². The van der Waals surface area contributed by atoms with Gasteiger partial charge in [0.1, 0.15) is 17.3 Å². The number of para-hydroxylation sites is 1. The Morgan fingerprint density at radius 2 is 2.08 bits per heavy atom. The highest BCUT2D eigenvalue weighted by atomic mass is 16.5. The lowest BCUT2D eigenvalue weighted by molar-refractivity contribution is 0.0299. The Hall–Kier alpha value is -2.67. The number of nitrogens with zero attached hydrogens (tertiary/aromatic N) is 3. The number of hydrogen-bond donors (Lipinski definition) is 1. The topological polar surface area (TPSA) is 76.6 Å². The molecule has 0 spiro atoms. The summed E-state index contributed by atoms with van der Waals surface area (Å²) in [7, 11) is 0. The molecule has 0 aliphatic carbocycles. The van der Waals surface area contributed by atoms with E-state index in [2.05, 4.69) is 21.4 Å². The Morgan fingerprint density at radius 1 is 1.23 bits per heavy atom. The Balaban J connectivity index is 1.36. The molecule has 3 heterocycles. The molecule has 136 valence electrons. The predicted octanol–water partition coefficient (Wildman–Crippen LogP) is 1.61. The second-order valence-corrected chi connectivity index (χ2v) is 6.56. The molecule has 1 amide bonds. The number of morpholine rings is 1. The van der Waals surface area contributed by atoms with Crippen LogP contribution in [0.2, 0.25) is 0 Å². The summed E-state index contributed by atoms with van der Waals surface area (Å²) in [6.07, 6.45) is 4.12. The SMILES string of the molecule is O=C(c1cncc(NC[C@@H]2COc3ccccc3C2)n1)N1CCOCC1. The van der Waals surface area contributed by atoms with E-state index in [9.17, 15) is 4.79 Å². The van der Waals surface area contributed by atoms with Gasteiger partial charge in [-0.25, -0.2) is 4.98 Å². The summed E-state index contributed by atoms with van der Waals surface area (Å²) >= 11 is 0. The molecular formula is C19H22N4O3. The summed E-state index contributed by atoms with van der Waals surface area (Å²) in [5, 5.41) is 3.29. The first kappa shape index (κ1) is 16.8. The molecule has 2 aliphatic heterocycles. The van der Waals surface area contributed by atoms with Crippen LogP contribution in [0.25, 0.3) is 0 Å². The Morgan fingerprint density at radius 3 is 2.96 bits per heavy atom. The highest BCUT2D eigenvalue weighted by Crippen LogP contribution is 2.26. The Bertz CT molecular complexity index is 777. The molecule has 7 heteroatoms. The van der Waals surface area contributed by atoms with E-state index >= 15 is 0 Å². The summed E-state index contributed by atoms with van der Waals surface area (Å²) in [4.78, 5) is 22.9. The van der Waals surface area contributed by atoms with E-state index in [-0.39, 0.29) is 5.91 Å². The van der Waals surface area contributed by atoms with Crippen LogP contribution >= 0.6 is 0 Å². The normalized spacial score (nSPS) is 19.4. The average Bonchev–Trinajstić information content (AvgIpc) is 2.72. The van der Waals surface area contributed by atoms with Crippen molar-refractivity contribution in [2.24, 2.45) is 5.92 Å². The number of aromatic nitrogens is 2. The Labute approximate surface area is 152 Å². The van der Waals surface area contributed by atoms with Gasteiger partial charge in [0.15, 0.2) is 0 Å². The van der Waals surface area contributed by atoms with Gasteiger partial charge in [-0.2, -0.15) is 0 Å². The molecular weight excluding hydrogens is 332 g/mol. The van der Waals surface area contributed by atoms with E-state index < -0.39 is 0 Å². The van der Waals surface area contributed by atoms with Crippen LogP contribution in [0.3, 0.4) is 0 Å². The number of benzene rings is 1. The van der Waals surface area contributed by atoms with Crippen LogP contribution < -0.4 is 10.1 Å². The van der Waals surface area contributed by atoms with Crippen LogP contribution in [0.1, 0.15) is 16.1 Å². The number of amides is 1. The smallest absolute Gasteiger partial charge is 0.274 e. The molecule has 2 aromatic rings. The molecule has 0 bridgehead atoms. The third-order valence-corrected chi connectivity index (χ3v) is 4.68. The average molecular weight is 354 g/mol. The third kappa shape index (κ3) is 3.77. The molecule has 1 N–H and O–H groups in total. The molecule has 26 heavy (non-hydrogen) atoms. The number of hydrogen-bond acceptors (Lipinski definition) is 6. The van der Waals surface area contributed by atoms with Gasteiger partial charge >= 0.3 is 0 Å². The maximum absolute atomic E-state index is 12.5. The van der Waals surface area contributed by atoms with Gasteiger partial charge in [-0.3, -0.25) is 9.78 Å². The van der Waals surface area contributed by atoms with Crippen molar-refractivity contribution in [2.75, 3.05) is 44.8 Å². The molecule has 0 radical (unpaired) electrons. The molecule has 7 nitrogen and oxygen atoms in total. The van der Waals surface area contributed by atoms with Crippen molar-refractivity contribution in [1.82, 2.24) is 14.9 Å². The Kier molecular flexibility index (Phi) is 4.97. The number of carbonyl (C=O) groups is 1. The van der Waals surface area contributed by atoms with Crippen molar-refractivity contribution in [2.45, 2.75) is 6.42 Å². The van der Waals surface area contributed by atoms with Crippen LogP contribution in [0.5, 0.6) is 5.75 Å². The maximum Gasteiger partial charge on any atom is 0.274 e. The molecule has 1 aromatic carbocycles. The van der Waals surface area contributed by atoms with Gasteiger partial charge in [0, 0.05) is 25.6 Å². The molecule has 1 atom stereocenters. The molecule has 1 aromatic heterocycles. The summed E-state index contributed by atoms with van der Waals surface area (Å²) < 4.78 is 11.1. The number of fused-ring (bicyclic) bond motifs is 1. The summed E-state index contributed by atoms with van der Waals surface area (Å²) in [5.41, 5.74) is 1.59. The molecule has 0 unspecified atom stereocenters. The van der Waals surface area contributed by atoms with Crippen LogP contribution in [0.4, 0.5) is 5.82 Å². The zero-order valence-corrected chi connectivity index (χ0v) is 14.6. The second-order valence-electron chi connectivity index (χ2n) is 6.56. The quantitative estimate of drug-likeness (QED) is 0.899. The lowest BCUT2D eigenvalue weighted by atomic mass is 9.97. The van der Waals surface area contributed by atoms with Crippen molar-refractivity contribution in [1.29, 1.82) is 0 Å². The van der Waals surface area contributed by atoms with E-state index in [1.807, 2.05) is 18.2 Å². The van der Waals surface area contributed by atoms with Crippen molar-refractivity contribution in [3.8, 4) is 5.75 Å². The number of anilines is 1. The van der Waals surface area contributed by atoms with E-state index in [1.165, 1.54) is 11.8 Å². The van der Waals surface area contributed by atoms with Gasteiger partial charge in [0.2, 0.25) is 0 Å². The molecule has 0 saturated carbocycles. The van der Waals surface area contributed by atoms with Crippen LogP contribution in [-0.4, -0.2) is 60.2 Å². The van der Waals surface area contributed by atoms with E-state index in [1.54, 1.807) is 11.1 Å². The third-order valence-electron chi connectivity index (χ3n) is 4.68. The fraction of sp³-hybridized carbons (Fsp3) is 0.421. The monoisotopic (exact) mass is 354 g/mol. The van der Waals surface area contributed by atoms with Crippen LogP contribution in [-0.2, 0) is 11.2 Å². The fourth-order valence-electron chi connectivity index (χ4n) is 3.25. The highest BCUT2D eigenvalue weighted by molar-refractivity contribution is 5.92. The zero-order valence-electron chi connectivity index (χ0n) is 14.6. The standard InChI is InChI=1S/C19H22N4O3/c24-19(23-5-7-25-8-6-23)16-11-20-12-18(22-16)21-10-14-9-15-3-1-2-4-17(15)26-13-14/h1-4,11-12,14H,5-10,13H2,(H,21,22)/t14-/m1/s1. The van der Waals surface area contributed by atoms with Gasteiger partial charge in [-0.1, -0.05) is 18.2 Å². The lowest BCUT2D eigenvalue weighted by Crippen LogP contribution is -2.41. The van der Waals surface area contributed by atoms with Gasteiger partial charge in [0.25, 0.3) is 5.91 Å². The van der Waals surface area contributed by atoms with Gasteiger partial charge in [-0.05, 0) is 18.1 Å². The number of ether oxygens (including phenoxy) is 2. The van der Waals surface area contributed by atoms with E-state index in [0.717, 1.165) is 18.7 Å². The number of rotatable bonds is 4. The fourth-order valence-corrected chi connectivity index (χ4v) is 3.25. The van der Waals surface area contributed by atoms with Crippen molar-refractivity contribution >= 4 is 11.7 Å². The first-order chi connectivity index (χ1) is 12.8. The minimum atomic E-state index is -0.0978. The van der Waals surface area contributed by atoms with Crippen molar-refractivity contribution in [3.05, 3.63) is 47.9 Å². The predicted molar refractivity (Wildman–Crippen MR) is 96.4 cm³/mol. The van der Waals surface area contributed by atoms with Crippen LogP contribution in [0, 0.1) is 5.92 Å². The largest absolute Gasteiger partial charge is 0.493 e. The lowest BCUT2D eigenvalue weighted by Gasteiger charge is -2.26. The van der Waals surface area contributed by atoms with E-state index in [0.29, 0.717) is 50.3 Å². The molecule has 1 saturated heterocycles. The van der Waals surface area contributed by atoms with E-state index in [4.69, 9.17) is 9.47 Å². The summed E-state index contributed by atoms with van der Waals surface area (Å²) in [6.45, 7) is 3.72. The maximum atomic E-state index is 12.5. The molecule has 4 rings (SSSR count). The first-order valence-corrected chi connectivity index (χ1v) is 8.93. The van der Waals surface area contributed by atoms with Gasteiger partial charge < -0.3 is 19.7 Å². The van der Waals surface area contributed by atoms with Crippen LogP contribution in [0.15, 0.2) is 36.7 Å². The number of nitrogens with one attached hydrogen (secondary N) is 1. The first-order valence-electron chi connectivity index (χ1n) is 8.93. The summed E-state index contributed by atoms with van der Waals surface area (Å²) in [5.74, 6) is 1.84. The van der Waals surface area contributed by atoms with Crippen molar-refractivity contribution in [3.63, 3.8) is 0 Å². The van der Waals surface area contributed by atoms with Gasteiger partial charge in [-0.15, -0.1) is 0 Å². The second kappa shape index (κ2) is 7.70. The minimum Gasteiger partial charge on any atom is -0.493 e. The molecule has 1 fully saturated rings. The number of carbonyl (C=O) groups excluding carboxylic acids is 1. The zero-order chi connectivity index (χ0) is 17.8. The summed E-state index contributed by atoms with van der Waals surface area (Å²) in [6, 6.07) is 8.13. The molecule has 2 aliphatic rings. The van der Waals surface area contributed by atoms with Crippen molar-refractivity contribution < 1.29 is 14.3 Å².